The number of hydrogen-bond donors (Lipinski definition) is 1. The molecule has 0 bridgehead atoms. The lowest BCUT2D eigenvalue weighted by Gasteiger charge is -2.39. The Labute approximate surface area is 97.6 Å². The molecule has 0 aromatic rings. The molecule has 94 valence electrons. The van der Waals surface area contributed by atoms with Gasteiger partial charge in [-0.3, -0.25) is 4.90 Å². The molecule has 4 nitrogen and oxygen atoms in total. The van der Waals surface area contributed by atoms with E-state index in [2.05, 4.69) is 4.90 Å². The Morgan fingerprint density at radius 1 is 1.56 bits per heavy atom. The van der Waals surface area contributed by atoms with Crippen molar-refractivity contribution in [1.29, 1.82) is 0 Å². The highest BCUT2D eigenvalue weighted by atomic mass is 16.5. The normalized spacial score (nSPS) is 31.0. The van der Waals surface area contributed by atoms with E-state index in [-0.39, 0.29) is 24.2 Å². The van der Waals surface area contributed by atoms with E-state index in [0.717, 1.165) is 25.8 Å². The Kier molecular flexibility index (Phi) is 4.89. The van der Waals surface area contributed by atoms with Crippen LogP contribution in [0.2, 0.25) is 0 Å². The van der Waals surface area contributed by atoms with Crippen molar-refractivity contribution in [3.63, 3.8) is 0 Å². The summed E-state index contributed by atoms with van der Waals surface area (Å²) in [4.78, 5) is 13.3. The van der Waals surface area contributed by atoms with E-state index in [0.29, 0.717) is 6.54 Å². The first-order valence-electron chi connectivity index (χ1n) is 5.98. The Hall–Kier alpha value is -0.450. The minimum Gasteiger partial charge on any atom is -0.394 e. The Morgan fingerprint density at radius 2 is 2.25 bits per heavy atom. The van der Waals surface area contributed by atoms with Crippen molar-refractivity contribution < 1.29 is 14.6 Å². The monoisotopic (exact) mass is 229 g/mol. The molecule has 0 aromatic carbocycles. The first-order valence-corrected chi connectivity index (χ1v) is 5.98. The van der Waals surface area contributed by atoms with Gasteiger partial charge in [-0.1, -0.05) is 13.8 Å². The van der Waals surface area contributed by atoms with E-state index >= 15 is 0 Å². The number of ether oxygens (including phenoxy) is 1. The second-order valence-electron chi connectivity index (χ2n) is 5.07. The second kappa shape index (κ2) is 5.75. The lowest BCUT2D eigenvalue weighted by Crippen LogP contribution is -2.51. The van der Waals surface area contributed by atoms with Crippen LogP contribution < -0.4 is 0 Å². The lowest BCUT2D eigenvalue weighted by atomic mass is 9.88. The summed E-state index contributed by atoms with van der Waals surface area (Å²) < 4.78 is 5.57. The third-order valence-corrected chi connectivity index (χ3v) is 3.28. The number of morpholine rings is 1. The molecule has 0 spiro atoms. The van der Waals surface area contributed by atoms with Crippen molar-refractivity contribution in [2.45, 2.75) is 39.4 Å². The summed E-state index contributed by atoms with van der Waals surface area (Å²) in [7, 11) is 0. The first-order chi connectivity index (χ1) is 7.53. The fraction of sp³-hybridized carbons (Fsp3) is 0.917. The van der Waals surface area contributed by atoms with Crippen molar-refractivity contribution in [2.75, 3.05) is 26.2 Å². The molecule has 1 aliphatic heterocycles. The van der Waals surface area contributed by atoms with Crippen LogP contribution in [-0.4, -0.2) is 54.7 Å². The molecule has 0 amide bonds. The van der Waals surface area contributed by atoms with Crippen LogP contribution in [0.4, 0.5) is 0 Å². The van der Waals surface area contributed by atoms with Gasteiger partial charge >= 0.3 is 0 Å². The summed E-state index contributed by atoms with van der Waals surface area (Å²) in [6.07, 6.45) is 1.89. The maximum atomic E-state index is 11.1. The summed E-state index contributed by atoms with van der Waals surface area (Å²) >= 11 is 0. The predicted octanol–water partition coefficient (Wildman–Crippen LogP) is 0.683. The largest absolute Gasteiger partial charge is 0.394 e. The third kappa shape index (κ3) is 3.54. The van der Waals surface area contributed by atoms with Crippen LogP contribution in [0.25, 0.3) is 0 Å². The Morgan fingerprint density at radius 3 is 2.75 bits per heavy atom. The number of carbonyl (C=O) groups is 1. The fourth-order valence-electron chi connectivity index (χ4n) is 2.11. The zero-order chi connectivity index (χ0) is 12.2. The summed E-state index contributed by atoms with van der Waals surface area (Å²) in [5.74, 6) is 0. The molecule has 1 N–H and O–H groups in total. The zero-order valence-electron chi connectivity index (χ0n) is 10.5. The van der Waals surface area contributed by atoms with E-state index in [9.17, 15) is 4.79 Å². The van der Waals surface area contributed by atoms with Gasteiger partial charge in [0.1, 0.15) is 6.29 Å². The van der Waals surface area contributed by atoms with Crippen molar-refractivity contribution in [3.8, 4) is 0 Å². The van der Waals surface area contributed by atoms with E-state index in [1.54, 1.807) is 0 Å². The van der Waals surface area contributed by atoms with Crippen LogP contribution in [0.5, 0.6) is 0 Å². The topological polar surface area (TPSA) is 49.8 Å². The number of rotatable bonds is 5. The number of nitrogens with zero attached hydrogens (tertiary/aromatic N) is 1. The maximum Gasteiger partial charge on any atom is 0.127 e. The van der Waals surface area contributed by atoms with Gasteiger partial charge in [0.2, 0.25) is 0 Å². The van der Waals surface area contributed by atoms with Crippen LogP contribution in [0.15, 0.2) is 0 Å². The average Bonchev–Trinajstić information content (AvgIpc) is 2.28. The minimum absolute atomic E-state index is 0.0464. The average molecular weight is 229 g/mol. The van der Waals surface area contributed by atoms with E-state index < -0.39 is 0 Å². The summed E-state index contributed by atoms with van der Waals surface area (Å²) in [6.45, 7) is 8.35. The van der Waals surface area contributed by atoms with Gasteiger partial charge in [-0.15, -0.1) is 0 Å². The van der Waals surface area contributed by atoms with E-state index in [1.165, 1.54) is 0 Å². The van der Waals surface area contributed by atoms with Gasteiger partial charge in [0, 0.05) is 25.0 Å². The predicted molar refractivity (Wildman–Crippen MR) is 62.3 cm³/mol. The van der Waals surface area contributed by atoms with Gasteiger partial charge in [-0.2, -0.15) is 0 Å². The van der Waals surface area contributed by atoms with Crippen molar-refractivity contribution in [3.05, 3.63) is 0 Å². The molecule has 16 heavy (non-hydrogen) atoms. The number of aldehydes is 1. The van der Waals surface area contributed by atoms with Crippen LogP contribution in [0.1, 0.15) is 27.2 Å². The van der Waals surface area contributed by atoms with Gasteiger partial charge in [0.25, 0.3) is 0 Å². The molecule has 1 rings (SSSR count). The quantitative estimate of drug-likeness (QED) is 0.704. The molecule has 3 unspecified atom stereocenters. The summed E-state index contributed by atoms with van der Waals surface area (Å²) in [5.41, 5.74) is -0.281. The molecular weight excluding hydrogens is 206 g/mol. The maximum absolute atomic E-state index is 11.1. The van der Waals surface area contributed by atoms with Crippen molar-refractivity contribution >= 4 is 6.29 Å². The van der Waals surface area contributed by atoms with Crippen molar-refractivity contribution in [1.82, 2.24) is 4.90 Å². The molecule has 1 heterocycles. The summed E-state index contributed by atoms with van der Waals surface area (Å²) in [5, 5.41) is 9.12. The van der Waals surface area contributed by atoms with Crippen LogP contribution in [0, 0.1) is 5.41 Å². The Balaban J connectivity index is 2.56. The molecule has 0 aromatic heterocycles. The second-order valence-corrected chi connectivity index (χ2v) is 5.07. The van der Waals surface area contributed by atoms with Gasteiger partial charge < -0.3 is 14.6 Å². The standard InChI is InChI=1S/C12H23NO3/c1-4-12(3,9-15)8-13-5-10(2)16-11(6-13)7-14/h9-11,14H,4-8H2,1-3H3. The third-order valence-electron chi connectivity index (χ3n) is 3.28. The molecule has 0 saturated carbocycles. The van der Waals surface area contributed by atoms with Crippen molar-refractivity contribution in [2.24, 2.45) is 5.41 Å². The smallest absolute Gasteiger partial charge is 0.127 e. The van der Waals surface area contributed by atoms with Gasteiger partial charge in [-0.05, 0) is 13.3 Å². The van der Waals surface area contributed by atoms with E-state index in [1.807, 2.05) is 20.8 Å². The number of carbonyl (C=O) groups excluding carboxylic acids is 1. The van der Waals surface area contributed by atoms with Gasteiger partial charge in [0.05, 0.1) is 18.8 Å². The molecule has 0 radical (unpaired) electrons. The minimum atomic E-state index is -0.281. The number of hydrogen-bond acceptors (Lipinski definition) is 4. The van der Waals surface area contributed by atoms with Crippen LogP contribution >= 0.6 is 0 Å². The molecular formula is C12H23NO3. The zero-order valence-corrected chi connectivity index (χ0v) is 10.5. The molecule has 3 atom stereocenters. The number of aliphatic hydroxyl groups is 1. The SMILES string of the molecule is CCC(C)(C=O)CN1CC(C)OC(CO)C1. The van der Waals surface area contributed by atoms with E-state index in [4.69, 9.17) is 9.84 Å². The number of aliphatic hydroxyl groups excluding tert-OH is 1. The van der Waals surface area contributed by atoms with Gasteiger partial charge in [0.15, 0.2) is 0 Å². The highest BCUT2D eigenvalue weighted by Gasteiger charge is 2.30. The van der Waals surface area contributed by atoms with Gasteiger partial charge in [-0.25, -0.2) is 0 Å². The molecule has 1 saturated heterocycles. The van der Waals surface area contributed by atoms with Crippen LogP contribution in [-0.2, 0) is 9.53 Å². The first kappa shape index (κ1) is 13.6. The lowest BCUT2D eigenvalue weighted by molar-refractivity contribution is -0.122. The molecule has 1 fully saturated rings. The highest BCUT2D eigenvalue weighted by molar-refractivity contribution is 5.58. The molecule has 0 aliphatic carbocycles. The summed E-state index contributed by atoms with van der Waals surface area (Å²) in [6, 6.07) is 0. The molecule has 1 aliphatic rings. The molecule has 4 heteroatoms. The highest BCUT2D eigenvalue weighted by Crippen LogP contribution is 2.22. The Bertz CT molecular complexity index is 234. The van der Waals surface area contributed by atoms with Crippen LogP contribution in [0.3, 0.4) is 0 Å². The fourth-order valence-corrected chi connectivity index (χ4v) is 2.11.